The van der Waals surface area contributed by atoms with Gasteiger partial charge in [-0.1, -0.05) is 62.4 Å². The molecule has 0 heterocycles. The summed E-state index contributed by atoms with van der Waals surface area (Å²) in [4.78, 5) is 37.2. The van der Waals surface area contributed by atoms with Crippen LogP contribution in [-0.4, -0.2) is 22.9 Å². The van der Waals surface area contributed by atoms with E-state index in [4.69, 9.17) is 10.5 Å². The number of amides is 2. The molecular formula is C34H35N3O5. The number of benzene rings is 4. The van der Waals surface area contributed by atoms with Crippen molar-refractivity contribution in [2.24, 2.45) is 5.41 Å². The van der Waals surface area contributed by atoms with Gasteiger partial charge < -0.3 is 20.9 Å². The highest BCUT2D eigenvalue weighted by molar-refractivity contribution is 6.01. The van der Waals surface area contributed by atoms with E-state index >= 15 is 0 Å². The van der Waals surface area contributed by atoms with E-state index in [-0.39, 0.29) is 17.4 Å². The van der Waals surface area contributed by atoms with E-state index < -0.39 is 17.6 Å². The van der Waals surface area contributed by atoms with Gasteiger partial charge in [0.2, 0.25) is 5.91 Å². The van der Waals surface area contributed by atoms with Crippen LogP contribution in [0.25, 0.3) is 10.8 Å². The molecule has 0 aliphatic heterocycles. The molecule has 42 heavy (non-hydrogen) atoms. The molecule has 4 rings (SSSR count). The average molecular weight is 566 g/mol. The number of nitrogen functional groups attached to an aromatic ring is 1. The molecule has 0 bridgehead atoms. The van der Waals surface area contributed by atoms with Crippen LogP contribution in [0, 0.1) is 5.41 Å². The van der Waals surface area contributed by atoms with Gasteiger partial charge in [0, 0.05) is 27.6 Å². The number of anilines is 3. The zero-order chi connectivity index (χ0) is 30.3. The Bertz CT molecular complexity index is 1630. The highest BCUT2D eigenvalue weighted by atomic mass is 16.6. The van der Waals surface area contributed by atoms with E-state index in [1.54, 1.807) is 66.7 Å². The van der Waals surface area contributed by atoms with Crippen LogP contribution in [0.1, 0.15) is 55.6 Å². The first-order valence-corrected chi connectivity index (χ1v) is 13.7. The number of carbonyl (C=O) groups is 3. The number of ether oxygens (including phenoxy) is 1. The van der Waals surface area contributed by atoms with Gasteiger partial charge in [-0.05, 0) is 73.7 Å². The Labute approximate surface area is 245 Å². The third-order valence-corrected chi connectivity index (χ3v) is 7.13. The first-order chi connectivity index (χ1) is 20.0. The molecule has 0 saturated carbocycles. The van der Waals surface area contributed by atoms with E-state index in [1.807, 2.05) is 38.1 Å². The average Bonchev–Trinajstić information content (AvgIpc) is 2.96. The number of hydrogen-bond acceptors (Lipinski definition) is 6. The van der Waals surface area contributed by atoms with Crippen molar-refractivity contribution in [2.75, 3.05) is 16.4 Å². The molecule has 0 aromatic heterocycles. The number of nitrogens with two attached hydrogens (primary N) is 1. The van der Waals surface area contributed by atoms with Gasteiger partial charge in [0.15, 0.2) is 5.78 Å². The van der Waals surface area contributed by atoms with E-state index in [0.29, 0.717) is 40.9 Å². The minimum Gasteiger partial charge on any atom is -0.507 e. The predicted octanol–water partition coefficient (Wildman–Crippen LogP) is 7.62. The summed E-state index contributed by atoms with van der Waals surface area (Å²) in [6.07, 6.45) is 2.99. The Morgan fingerprint density at radius 1 is 0.905 bits per heavy atom. The van der Waals surface area contributed by atoms with E-state index in [9.17, 15) is 19.5 Å². The van der Waals surface area contributed by atoms with Gasteiger partial charge in [-0.25, -0.2) is 4.79 Å². The SMILES string of the molecule is CC(=O)c1ccc(NC(=O)O[C@H](c2ccc(O)c3ccccc23)C(C)(C)CC/C=C/C(=O)Nc2ccccc2N)cc1. The van der Waals surface area contributed by atoms with Crippen molar-refractivity contribution in [1.29, 1.82) is 0 Å². The fourth-order valence-corrected chi connectivity index (χ4v) is 4.78. The number of ketones is 1. The molecule has 1 atom stereocenters. The fourth-order valence-electron chi connectivity index (χ4n) is 4.78. The normalized spacial score (nSPS) is 12.2. The minimum absolute atomic E-state index is 0.0686. The second kappa shape index (κ2) is 13.0. The highest BCUT2D eigenvalue weighted by Gasteiger charge is 2.35. The number of phenols is 1. The third kappa shape index (κ3) is 7.34. The van der Waals surface area contributed by atoms with Crippen LogP contribution in [0.4, 0.5) is 21.9 Å². The largest absolute Gasteiger partial charge is 0.507 e. The Hall–Kier alpha value is -5.11. The molecule has 8 nitrogen and oxygen atoms in total. The number of para-hydroxylation sites is 2. The second-order valence-electron chi connectivity index (χ2n) is 10.8. The quantitative estimate of drug-likeness (QED) is 0.0889. The molecule has 4 aromatic carbocycles. The summed E-state index contributed by atoms with van der Waals surface area (Å²) in [5, 5.41) is 17.4. The molecular weight excluding hydrogens is 530 g/mol. The maximum absolute atomic E-state index is 13.2. The van der Waals surface area contributed by atoms with Gasteiger partial charge in [-0.3, -0.25) is 14.9 Å². The van der Waals surface area contributed by atoms with Crippen LogP contribution in [0.3, 0.4) is 0 Å². The van der Waals surface area contributed by atoms with Crippen molar-refractivity contribution in [3.63, 3.8) is 0 Å². The summed E-state index contributed by atoms with van der Waals surface area (Å²) in [5.74, 6) is -0.229. The van der Waals surface area contributed by atoms with E-state index in [0.717, 1.165) is 10.9 Å². The Morgan fingerprint density at radius 3 is 2.26 bits per heavy atom. The lowest BCUT2D eigenvalue weighted by Crippen LogP contribution is -2.29. The Kier molecular flexibility index (Phi) is 9.27. The zero-order valence-corrected chi connectivity index (χ0v) is 23.9. The number of aromatic hydroxyl groups is 1. The molecule has 0 spiro atoms. The number of hydrogen-bond donors (Lipinski definition) is 4. The Balaban J connectivity index is 1.54. The van der Waals surface area contributed by atoms with Crippen molar-refractivity contribution >= 4 is 45.6 Å². The molecule has 0 saturated heterocycles. The topological polar surface area (TPSA) is 131 Å². The maximum atomic E-state index is 13.2. The molecule has 0 aliphatic carbocycles. The summed E-state index contributed by atoms with van der Waals surface area (Å²) in [5.41, 5.74) is 8.13. The van der Waals surface area contributed by atoms with Crippen LogP contribution >= 0.6 is 0 Å². The molecule has 0 unspecified atom stereocenters. The molecule has 2 amide bonds. The first-order valence-electron chi connectivity index (χ1n) is 13.7. The van der Waals surface area contributed by atoms with Crippen molar-refractivity contribution in [3.8, 4) is 5.75 Å². The molecule has 4 aromatic rings. The fraction of sp³-hybridized carbons (Fsp3) is 0.206. The summed E-state index contributed by atoms with van der Waals surface area (Å²) < 4.78 is 6.09. The van der Waals surface area contributed by atoms with Gasteiger partial charge in [0.1, 0.15) is 11.9 Å². The van der Waals surface area contributed by atoms with Gasteiger partial charge in [0.25, 0.3) is 0 Å². The molecule has 0 fully saturated rings. The minimum atomic E-state index is -0.703. The predicted molar refractivity (Wildman–Crippen MR) is 167 cm³/mol. The number of carbonyl (C=O) groups excluding carboxylic acids is 3. The van der Waals surface area contributed by atoms with Crippen molar-refractivity contribution in [1.82, 2.24) is 0 Å². The highest BCUT2D eigenvalue weighted by Crippen LogP contribution is 2.44. The molecule has 0 radical (unpaired) electrons. The monoisotopic (exact) mass is 565 g/mol. The lowest BCUT2D eigenvalue weighted by Gasteiger charge is -2.35. The van der Waals surface area contributed by atoms with Crippen molar-refractivity contribution in [2.45, 2.75) is 39.7 Å². The standard InChI is InChI=1S/C34H35N3O5/c1-22(38)23-15-17-24(18-16-23)36-33(41)42-32(27-19-20-30(39)26-11-5-4-10-25(26)27)34(2,3)21-9-8-14-31(40)37-29-13-7-6-12-28(29)35/h4-8,10-20,32,39H,9,21,35H2,1-3H3,(H,36,41)(H,37,40)/b14-8+/t32-/m1/s1. The van der Waals surface area contributed by atoms with Gasteiger partial charge in [0.05, 0.1) is 11.4 Å². The lowest BCUT2D eigenvalue weighted by molar-refractivity contribution is -0.111. The second-order valence-corrected chi connectivity index (χ2v) is 10.8. The number of fused-ring (bicyclic) bond motifs is 1. The van der Waals surface area contributed by atoms with E-state index in [2.05, 4.69) is 10.6 Å². The Morgan fingerprint density at radius 2 is 1.57 bits per heavy atom. The van der Waals surface area contributed by atoms with Crippen LogP contribution < -0.4 is 16.4 Å². The van der Waals surface area contributed by atoms with Crippen LogP contribution in [-0.2, 0) is 9.53 Å². The lowest BCUT2D eigenvalue weighted by atomic mass is 9.77. The number of nitrogens with one attached hydrogen (secondary N) is 2. The molecule has 0 aliphatic rings. The number of allylic oxidation sites excluding steroid dienone is 1. The third-order valence-electron chi connectivity index (χ3n) is 7.13. The van der Waals surface area contributed by atoms with Crippen LogP contribution in [0.2, 0.25) is 0 Å². The molecule has 5 N–H and O–H groups in total. The first kappa shape index (κ1) is 29.9. The maximum Gasteiger partial charge on any atom is 0.412 e. The summed E-state index contributed by atoms with van der Waals surface area (Å²) in [7, 11) is 0. The molecule has 8 heteroatoms. The summed E-state index contributed by atoms with van der Waals surface area (Å²) >= 11 is 0. The van der Waals surface area contributed by atoms with Crippen LogP contribution in [0.15, 0.2) is 97.1 Å². The smallest absolute Gasteiger partial charge is 0.412 e. The van der Waals surface area contributed by atoms with Crippen LogP contribution in [0.5, 0.6) is 5.75 Å². The van der Waals surface area contributed by atoms with Gasteiger partial charge in [-0.15, -0.1) is 0 Å². The summed E-state index contributed by atoms with van der Waals surface area (Å²) in [6, 6.07) is 24.4. The summed E-state index contributed by atoms with van der Waals surface area (Å²) in [6.45, 7) is 5.46. The van der Waals surface area contributed by atoms with E-state index in [1.165, 1.54) is 13.0 Å². The zero-order valence-electron chi connectivity index (χ0n) is 23.9. The van der Waals surface area contributed by atoms with Crippen molar-refractivity contribution in [3.05, 3.63) is 108 Å². The number of Topliss-reactive ketones (excluding diaryl/α,β-unsaturated/α-hetero) is 1. The number of phenolic OH excluding ortho intramolecular Hbond substituents is 1. The number of rotatable bonds is 10. The van der Waals surface area contributed by atoms with Gasteiger partial charge in [-0.2, -0.15) is 0 Å². The molecule has 216 valence electrons. The van der Waals surface area contributed by atoms with Gasteiger partial charge >= 0.3 is 6.09 Å². The van der Waals surface area contributed by atoms with Crippen molar-refractivity contribution < 1.29 is 24.2 Å².